The maximum absolute atomic E-state index is 12.7. The van der Waals surface area contributed by atoms with E-state index in [2.05, 4.69) is 34.7 Å². The maximum atomic E-state index is 12.7. The molecule has 3 fully saturated rings. The summed E-state index contributed by atoms with van der Waals surface area (Å²) in [7, 11) is 1.76. The SMILES string of the molecule is CN=C(NCCN1C(=O)C2C3C=CC(C3)C2C1=O)NCC1CCCCC1C. The molecular weight excluding hydrogens is 340 g/mol. The number of hydrogen-bond donors (Lipinski definition) is 2. The molecule has 2 amide bonds. The third-order valence-corrected chi connectivity index (χ3v) is 7.23. The molecule has 2 saturated carbocycles. The molecule has 27 heavy (non-hydrogen) atoms. The highest BCUT2D eigenvalue weighted by Crippen LogP contribution is 2.52. The molecule has 0 aromatic carbocycles. The van der Waals surface area contributed by atoms with E-state index in [1.165, 1.54) is 30.6 Å². The van der Waals surface area contributed by atoms with Gasteiger partial charge >= 0.3 is 0 Å². The minimum absolute atomic E-state index is 0.0302. The fourth-order valence-corrected chi connectivity index (χ4v) is 5.62. The van der Waals surface area contributed by atoms with Gasteiger partial charge in [0.05, 0.1) is 11.8 Å². The van der Waals surface area contributed by atoms with Crippen LogP contribution in [0.3, 0.4) is 0 Å². The van der Waals surface area contributed by atoms with Gasteiger partial charge in [-0.1, -0.05) is 38.3 Å². The lowest BCUT2D eigenvalue weighted by Crippen LogP contribution is -2.45. The Bertz CT molecular complexity index is 629. The van der Waals surface area contributed by atoms with Gasteiger partial charge in [0.2, 0.25) is 11.8 Å². The van der Waals surface area contributed by atoms with Crippen molar-refractivity contribution in [2.75, 3.05) is 26.7 Å². The Morgan fingerprint density at radius 3 is 2.41 bits per heavy atom. The van der Waals surface area contributed by atoms with E-state index < -0.39 is 0 Å². The Labute approximate surface area is 161 Å². The second kappa shape index (κ2) is 7.64. The first-order valence-electron chi connectivity index (χ1n) is 10.6. The quantitative estimate of drug-likeness (QED) is 0.334. The van der Waals surface area contributed by atoms with Crippen LogP contribution in [0.25, 0.3) is 0 Å². The molecular formula is C21H32N4O2. The molecule has 1 heterocycles. The number of rotatable bonds is 5. The number of likely N-dealkylation sites (tertiary alicyclic amines) is 1. The van der Waals surface area contributed by atoms with E-state index in [0.717, 1.165) is 24.8 Å². The smallest absolute Gasteiger partial charge is 0.233 e. The minimum atomic E-state index is -0.0993. The zero-order valence-electron chi connectivity index (χ0n) is 16.5. The lowest BCUT2D eigenvalue weighted by Gasteiger charge is -2.29. The predicted molar refractivity (Wildman–Crippen MR) is 105 cm³/mol. The minimum Gasteiger partial charge on any atom is -0.356 e. The third kappa shape index (κ3) is 3.39. The van der Waals surface area contributed by atoms with Crippen molar-refractivity contribution < 1.29 is 9.59 Å². The average molecular weight is 373 g/mol. The Kier molecular flexibility index (Phi) is 5.24. The summed E-state index contributed by atoms with van der Waals surface area (Å²) < 4.78 is 0. The van der Waals surface area contributed by atoms with Gasteiger partial charge in [0.1, 0.15) is 0 Å². The van der Waals surface area contributed by atoms with Gasteiger partial charge in [-0.25, -0.2) is 0 Å². The first-order chi connectivity index (χ1) is 13.1. The molecule has 6 heteroatoms. The van der Waals surface area contributed by atoms with Gasteiger partial charge in [0, 0.05) is 26.7 Å². The number of aliphatic imine (C=N–C) groups is 1. The zero-order chi connectivity index (χ0) is 19.0. The first kappa shape index (κ1) is 18.5. The number of hydrogen-bond acceptors (Lipinski definition) is 3. The molecule has 0 aromatic heterocycles. The van der Waals surface area contributed by atoms with E-state index in [4.69, 9.17) is 0 Å². The monoisotopic (exact) mass is 372 g/mol. The van der Waals surface area contributed by atoms with Gasteiger partial charge in [0.25, 0.3) is 0 Å². The number of carbonyl (C=O) groups is 2. The summed E-state index contributed by atoms with van der Waals surface area (Å²) in [5.41, 5.74) is 0. The summed E-state index contributed by atoms with van der Waals surface area (Å²) >= 11 is 0. The highest BCUT2D eigenvalue weighted by molar-refractivity contribution is 6.06. The van der Waals surface area contributed by atoms with E-state index >= 15 is 0 Å². The highest BCUT2D eigenvalue weighted by Gasteiger charge is 2.58. The third-order valence-electron chi connectivity index (χ3n) is 7.23. The number of imide groups is 1. The van der Waals surface area contributed by atoms with E-state index in [1.807, 2.05) is 0 Å². The van der Waals surface area contributed by atoms with E-state index in [-0.39, 0.29) is 35.5 Å². The Balaban J connectivity index is 1.24. The van der Waals surface area contributed by atoms with Gasteiger partial charge in [-0.05, 0) is 36.5 Å². The molecule has 0 radical (unpaired) electrons. The fourth-order valence-electron chi connectivity index (χ4n) is 5.62. The van der Waals surface area contributed by atoms with Crippen molar-refractivity contribution in [2.45, 2.75) is 39.0 Å². The number of nitrogens with one attached hydrogen (secondary N) is 2. The van der Waals surface area contributed by atoms with Crippen LogP contribution in [0.5, 0.6) is 0 Å². The van der Waals surface area contributed by atoms with Crippen molar-refractivity contribution in [3.63, 3.8) is 0 Å². The number of fused-ring (bicyclic) bond motifs is 5. The van der Waals surface area contributed by atoms with Gasteiger partial charge < -0.3 is 10.6 Å². The van der Waals surface area contributed by atoms with Gasteiger partial charge in [-0.3, -0.25) is 19.5 Å². The molecule has 1 aliphatic heterocycles. The number of amides is 2. The molecule has 3 aliphatic carbocycles. The van der Waals surface area contributed by atoms with Gasteiger partial charge in [-0.15, -0.1) is 0 Å². The molecule has 148 valence electrons. The summed E-state index contributed by atoms with van der Waals surface area (Å²) in [5, 5.41) is 6.69. The van der Waals surface area contributed by atoms with Crippen LogP contribution in [0.2, 0.25) is 0 Å². The first-order valence-corrected chi connectivity index (χ1v) is 10.6. The molecule has 4 rings (SSSR count). The van der Waals surface area contributed by atoms with E-state index in [0.29, 0.717) is 19.0 Å². The topological polar surface area (TPSA) is 73.8 Å². The molecule has 4 aliphatic rings. The van der Waals surface area contributed by atoms with Crippen LogP contribution in [0.1, 0.15) is 39.0 Å². The average Bonchev–Trinajstić information content (AvgIpc) is 3.35. The van der Waals surface area contributed by atoms with Crippen molar-refractivity contribution in [2.24, 2.45) is 40.5 Å². The van der Waals surface area contributed by atoms with E-state index in [1.54, 1.807) is 7.05 Å². The molecule has 6 unspecified atom stereocenters. The molecule has 0 aromatic rings. The summed E-state index contributed by atoms with van der Waals surface area (Å²) in [6.45, 7) is 4.23. The molecule has 2 bridgehead atoms. The van der Waals surface area contributed by atoms with Crippen molar-refractivity contribution in [1.82, 2.24) is 15.5 Å². The summed E-state index contributed by atoms with van der Waals surface area (Å²) in [6.07, 6.45) is 10.5. The summed E-state index contributed by atoms with van der Waals surface area (Å²) in [5.74, 6) is 2.63. The van der Waals surface area contributed by atoms with Gasteiger partial charge in [0.15, 0.2) is 5.96 Å². The van der Waals surface area contributed by atoms with Crippen LogP contribution in [-0.2, 0) is 9.59 Å². The van der Waals surface area contributed by atoms with Crippen LogP contribution >= 0.6 is 0 Å². The van der Waals surface area contributed by atoms with Crippen LogP contribution in [0.15, 0.2) is 17.1 Å². The molecule has 6 atom stereocenters. The number of guanidine groups is 1. The molecule has 0 spiro atoms. The number of nitrogens with zero attached hydrogens (tertiary/aromatic N) is 2. The second-order valence-corrected chi connectivity index (χ2v) is 8.73. The van der Waals surface area contributed by atoms with Crippen molar-refractivity contribution >= 4 is 17.8 Å². The summed E-state index contributed by atoms with van der Waals surface area (Å²) in [6, 6.07) is 0. The standard InChI is InChI=1S/C21H32N4O2/c1-13-5-3-4-6-16(13)12-24-21(22-2)23-9-10-25-19(26)17-14-7-8-15(11-14)18(17)20(25)27/h7-8,13-18H,3-6,9-12H2,1-2H3,(H2,22,23,24). The second-order valence-electron chi connectivity index (χ2n) is 8.73. The predicted octanol–water partition coefficient (Wildman–Crippen LogP) is 1.78. The summed E-state index contributed by atoms with van der Waals surface area (Å²) in [4.78, 5) is 31.2. The Morgan fingerprint density at radius 2 is 1.78 bits per heavy atom. The van der Waals surface area contributed by atoms with Crippen LogP contribution in [0, 0.1) is 35.5 Å². The number of carbonyl (C=O) groups excluding carboxylic acids is 2. The fraction of sp³-hybridized carbons (Fsp3) is 0.762. The van der Waals surface area contributed by atoms with Crippen molar-refractivity contribution in [3.8, 4) is 0 Å². The normalized spacial score (nSPS) is 37.9. The molecule has 6 nitrogen and oxygen atoms in total. The van der Waals surface area contributed by atoms with Crippen LogP contribution in [-0.4, -0.2) is 49.4 Å². The van der Waals surface area contributed by atoms with Crippen LogP contribution < -0.4 is 10.6 Å². The van der Waals surface area contributed by atoms with Crippen molar-refractivity contribution in [1.29, 1.82) is 0 Å². The van der Waals surface area contributed by atoms with E-state index in [9.17, 15) is 9.59 Å². The zero-order valence-corrected chi connectivity index (χ0v) is 16.5. The molecule has 1 saturated heterocycles. The largest absolute Gasteiger partial charge is 0.356 e. The lowest BCUT2D eigenvalue weighted by atomic mass is 9.80. The van der Waals surface area contributed by atoms with Crippen molar-refractivity contribution in [3.05, 3.63) is 12.2 Å². The number of allylic oxidation sites excluding steroid dienone is 2. The Hall–Kier alpha value is -1.85. The highest BCUT2D eigenvalue weighted by atomic mass is 16.2. The van der Waals surface area contributed by atoms with Gasteiger partial charge in [-0.2, -0.15) is 0 Å². The lowest BCUT2D eigenvalue weighted by molar-refractivity contribution is -0.140. The maximum Gasteiger partial charge on any atom is 0.233 e. The Morgan fingerprint density at radius 1 is 1.11 bits per heavy atom. The molecule has 2 N–H and O–H groups in total. The van der Waals surface area contributed by atoms with Crippen LogP contribution in [0.4, 0.5) is 0 Å².